The molecule has 3 saturated heterocycles. The molecule has 3 fully saturated rings. The van der Waals surface area contributed by atoms with Crippen molar-refractivity contribution in [1.82, 2.24) is 44.6 Å². The number of amides is 3. The van der Waals surface area contributed by atoms with Crippen molar-refractivity contribution >= 4 is 52.5 Å². The Morgan fingerprint density at radius 2 is 0.719 bits per heavy atom. The van der Waals surface area contributed by atoms with Crippen molar-refractivity contribution in [2.24, 2.45) is 17.8 Å². The van der Waals surface area contributed by atoms with Gasteiger partial charge in [-0.25, -0.2) is 9.97 Å². The summed E-state index contributed by atoms with van der Waals surface area (Å²) >= 11 is 19.9. The van der Waals surface area contributed by atoms with Crippen LogP contribution in [0.5, 0.6) is 0 Å². The largest absolute Gasteiger partial charge is 0.339 e. The van der Waals surface area contributed by atoms with Gasteiger partial charge in [0.05, 0.1) is 10.7 Å². The van der Waals surface area contributed by atoms with Gasteiger partial charge in [0.25, 0.3) is 17.7 Å². The maximum Gasteiger partial charge on any atom is 0.253 e. The second kappa shape index (κ2) is 30.5. The summed E-state index contributed by atoms with van der Waals surface area (Å²) < 4.78 is 0. The molecule has 498 valence electrons. The number of piperidine rings is 3. The molecule has 15 heteroatoms. The zero-order chi connectivity index (χ0) is 68.6. The first-order chi connectivity index (χ1) is 45.7. The van der Waals surface area contributed by atoms with Gasteiger partial charge in [-0.2, -0.15) is 0 Å². The van der Waals surface area contributed by atoms with Crippen molar-refractivity contribution in [3.63, 3.8) is 0 Å². The van der Waals surface area contributed by atoms with Crippen LogP contribution in [0.1, 0.15) is 170 Å². The molecule has 0 aliphatic carbocycles. The molecule has 96 heavy (non-hydrogen) atoms. The fourth-order valence-electron chi connectivity index (χ4n) is 12.1. The van der Waals surface area contributed by atoms with Crippen LogP contribution in [0.25, 0.3) is 67.2 Å². The number of likely N-dealkylation sites (tertiary alicyclic amines) is 3. The van der Waals surface area contributed by atoms with Crippen LogP contribution in [0.4, 0.5) is 0 Å². The normalized spacial score (nSPS) is 15.1. The van der Waals surface area contributed by atoms with Crippen molar-refractivity contribution in [1.29, 1.82) is 0 Å². The van der Waals surface area contributed by atoms with Gasteiger partial charge in [0.15, 0.2) is 5.82 Å². The summed E-state index contributed by atoms with van der Waals surface area (Å²) in [6.45, 7) is 31.0. The van der Waals surface area contributed by atoms with Crippen LogP contribution in [-0.2, 0) is 16.2 Å². The molecule has 0 radical (unpaired) electrons. The van der Waals surface area contributed by atoms with Crippen LogP contribution in [0, 0.1) is 17.8 Å². The fourth-order valence-corrected chi connectivity index (χ4v) is 12.9. The first-order valence-corrected chi connectivity index (χ1v) is 34.9. The Balaban J connectivity index is 0.000000157. The molecule has 0 spiro atoms. The molecule has 0 unspecified atom stereocenters. The number of aromatic nitrogens is 6. The molecule has 0 bridgehead atoms. The van der Waals surface area contributed by atoms with Crippen LogP contribution in [-0.4, -0.2) is 102 Å². The Bertz CT molecular complexity index is 3810. The average Bonchev–Trinajstić information content (AvgIpc) is 0.993. The van der Waals surface area contributed by atoms with E-state index in [4.69, 9.17) is 39.8 Å². The SMILES string of the molecule is CC1CCN(C(=O)c2ccc(-c3cccc(-c4ccnc(C(C)(C)C)c4)c3)c(Cl)c2)CC1.CC1CCN(C(=O)c2ccc(-c3cncc(-c4ccnc(C(C)(C)C)c4)c3)c(Cl)c2)CC1.CC1CCN(C(=O)c2ccc(-c3nccc(-c4ccnc(C(C)(C)C)c4)n3)c(Cl)c2)CC1. The van der Waals surface area contributed by atoms with E-state index >= 15 is 0 Å². The molecular weight excluding hydrogens is 1250 g/mol. The third-order valence-electron chi connectivity index (χ3n) is 18.5. The van der Waals surface area contributed by atoms with Crippen LogP contribution in [0.3, 0.4) is 0 Å². The van der Waals surface area contributed by atoms with Crippen LogP contribution < -0.4 is 0 Å². The Morgan fingerprint density at radius 3 is 1.15 bits per heavy atom. The number of rotatable bonds is 9. The zero-order valence-corrected chi connectivity index (χ0v) is 60.0. The summed E-state index contributed by atoms with van der Waals surface area (Å²) in [5.74, 6) is 2.75. The van der Waals surface area contributed by atoms with E-state index < -0.39 is 0 Å². The quantitative estimate of drug-likeness (QED) is 0.138. The molecule has 3 amide bonds. The van der Waals surface area contributed by atoms with Gasteiger partial charge in [-0.3, -0.25) is 34.3 Å². The number of carbonyl (C=O) groups is 3. The molecule has 5 aromatic heterocycles. The second-order valence-corrected chi connectivity index (χ2v) is 30.6. The van der Waals surface area contributed by atoms with Crippen molar-refractivity contribution < 1.29 is 14.4 Å². The highest BCUT2D eigenvalue weighted by molar-refractivity contribution is 6.34. The summed E-state index contributed by atoms with van der Waals surface area (Å²) in [4.78, 5) is 71.7. The van der Waals surface area contributed by atoms with Gasteiger partial charge in [-0.05, 0) is 176 Å². The first-order valence-electron chi connectivity index (χ1n) is 33.7. The molecule has 12 rings (SSSR count). The van der Waals surface area contributed by atoms with E-state index in [1.165, 1.54) is 0 Å². The number of halogens is 3. The minimum atomic E-state index is -0.0516. The Hall–Kier alpha value is -8.16. The highest BCUT2D eigenvalue weighted by Gasteiger charge is 2.27. The number of carbonyl (C=O) groups excluding carboxylic acids is 3. The molecular formula is C81H90Cl3N9O3. The predicted octanol–water partition coefficient (Wildman–Crippen LogP) is 19.9. The predicted molar refractivity (Wildman–Crippen MR) is 393 cm³/mol. The van der Waals surface area contributed by atoms with Crippen molar-refractivity contribution in [2.45, 2.75) is 138 Å². The summed E-state index contributed by atoms with van der Waals surface area (Å²) in [5.41, 5.74) is 15.5. The van der Waals surface area contributed by atoms with Crippen LogP contribution in [0.15, 0.2) is 165 Å². The monoisotopic (exact) mass is 1340 g/mol. The van der Waals surface area contributed by atoms with Crippen molar-refractivity contribution in [2.75, 3.05) is 39.3 Å². The number of nitrogens with zero attached hydrogens (tertiary/aromatic N) is 9. The lowest BCUT2D eigenvalue weighted by atomic mass is 9.89. The summed E-state index contributed by atoms with van der Waals surface area (Å²) in [6.07, 6.45) is 17.3. The van der Waals surface area contributed by atoms with E-state index in [0.29, 0.717) is 60.9 Å². The number of hydrogen-bond donors (Lipinski definition) is 0. The van der Waals surface area contributed by atoms with Gasteiger partial charge in [0.2, 0.25) is 0 Å². The number of benzene rings is 4. The first kappa shape index (κ1) is 70.6. The van der Waals surface area contributed by atoms with E-state index in [0.717, 1.165) is 151 Å². The second-order valence-electron chi connectivity index (χ2n) is 29.4. The number of pyridine rings is 4. The van der Waals surface area contributed by atoms with Gasteiger partial charge < -0.3 is 14.7 Å². The molecule has 4 aromatic carbocycles. The zero-order valence-electron chi connectivity index (χ0n) is 57.7. The van der Waals surface area contributed by atoms with E-state index in [-0.39, 0.29) is 34.0 Å². The molecule has 8 heterocycles. The standard InChI is InChI=1S/C28H31ClN2O.C27H30ClN3O.C26H29ClN4O/c1-19-11-14-31(15-12-19)27(32)23-8-9-24(25(29)17-23)22-7-5-6-20(16-22)21-10-13-30-26(18-21)28(2,3)4;1-18-8-11-31(12-9-18)26(32)20-5-6-23(24(28)14-20)22-13-21(16-29-17-22)19-7-10-30-25(15-19)27(2,3)4;1-17-9-13-31(14-10-17)25(32)19-5-6-20(21(27)15-19)24-29-12-8-22(30-24)18-7-11-28-23(16-18)26(2,3)4/h5-10,13,16-19H,11-12,14-15H2,1-4H3;5-7,10,13-18H,8-9,11-12H2,1-4H3;5-8,11-12,15-17H,9-10,13-14H2,1-4H3. The van der Waals surface area contributed by atoms with E-state index in [9.17, 15) is 14.4 Å². The third-order valence-corrected chi connectivity index (χ3v) is 19.5. The minimum Gasteiger partial charge on any atom is -0.339 e. The fraction of sp³-hybridized carbons (Fsp3) is 0.370. The van der Waals surface area contributed by atoms with Gasteiger partial charge in [0.1, 0.15) is 0 Å². The van der Waals surface area contributed by atoms with E-state index in [1.54, 1.807) is 18.3 Å². The Labute approximate surface area is 583 Å². The molecule has 0 N–H and O–H groups in total. The number of hydrogen-bond acceptors (Lipinski definition) is 9. The Morgan fingerprint density at radius 1 is 0.375 bits per heavy atom. The summed E-state index contributed by atoms with van der Waals surface area (Å²) in [7, 11) is 0. The topological polar surface area (TPSA) is 138 Å². The smallest absolute Gasteiger partial charge is 0.253 e. The van der Waals surface area contributed by atoms with Crippen molar-refractivity contribution in [3.8, 4) is 67.2 Å². The maximum absolute atomic E-state index is 12.9. The summed E-state index contributed by atoms with van der Waals surface area (Å²) in [5, 5.41) is 1.64. The average molecular weight is 1340 g/mol. The molecule has 3 aliphatic heterocycles. The van der Waals surface area contributed by atoms with Crippen LogP contribution in [0.2, 0.25) is 15.1 Å². The lowest BCUT2D eigenvalue weighted by molar-refractivity contribution is 0.0689. The highest BCUT2D eigenvalue weighted by Crippen LogP contribution is 2.37. The van der Waals surface area contributed by atoms with E-state index in [2.05, 4.69) is 150 Å². The van der Waals surface area contributed by atoms with Gasteiger partial charge >= 0.3 is 0 Å². The molecule has 0 saturated carbocycles. The van der Waals surface area contributed by atoms with Gasteiger partial charge in [0, 0.05) is 170 Å². The molecule has 3 aliphatic rings. The Kier molecular flexibility index (Phi) is 22.4. The van der Waals surface area contributed by atoms with Crippen LogP contribution >= 0.6 is 34.8 Å². The highest BCUT2D eigenvalue weighted by atomic mass is 35.5. The third kappa shape index (κ3) is 17.7. The molecule has 9 aromatic rings. The maximum atomic E-state index is 12.9. The van der Waals surface area contributed by atoms with Crippen molar-refractivity contribution in [3.05, 3.63) is 213 Å². The van der Waals surface area contributed by atoms with Gasteiger partial charge in [-0.1, -0.05) is 148 Å². The van der Waals surface area contributed by atoms with Gasteiger partial charge in [-0.15, -0.1) is 0 Å². The minimum absolute atomic E-state index is 0.00824. The summed E-state index contributed by atoms with van der Waals surface area (Å²) in [6, 6.07) is 41.3. The molecule has 0 atom stereocenters. The van der Waals surface area contributed by atoms with E-state index in [1.807, 2.05) is 118 Å². The molecule has 12 nitrogen and oxygen atoms in total. The lowest BCUT2D eigenvalue weighted by Crippen LogP contribution is -2.37. The lowest BCUT2D eigenvalue weighted by Gasteiger charge is -2.30.